The molecule has 3 aromatic rings. The van der Waals surface area contributed by atoms with Crippen molar-refractivity contribution in [3.8, 4) is 11.1 Å². The Labute approximate surface area is 157 Å². The van der Waals surface area contributed by atoms with Crippen molar-refractivity contribution in [1.29, 1.82) is 0 Å². The van der Waals surface area contributed by atoms with Gasteiger partial charge in [0.1, 0.15) is 11.4 Å². The molecule has 0 fully saturated rings. The largest absolute Gasteiger partial charge is 0.355 e. The number of fused-ring (bicyclic) bond motifs is 1. The number of benzene rings is 1. The van der Waals surface area contributed by atoms with Crippen molar-refractivity contribution >= 4 is 43.4 Å². The Hall–Kier alpha value is -1.99. The summed E-state index contributed by atoms with van der Waals surface area (Å²) in [5.74, 6) is -0.169. The molecule has 3 rings (SSSR count). The van der Waals surface area contributed by atoms with E-state index >= 15 is 0 Å². The topological polar surface area (TPSA) is 64.0 Å². The fourth-order valence-electron chi connectivity index (χ4n) is 2.54. The van der Waals surface area contributed by atoms with Crippen molar-refractivity contribution in [1.82, 2.24) is 14.9 Å². The summed E-state index contributed by atoms with van der Waals surface area (Å²) in [6.45, 7) is 2.68. The molecule has 0 saturated carbocycles. The molecule has 2 heterocycles. The van der Waals surface area contributed by atoms with Crippen molar-refractivity contribution in [2.45, 2.75) is 26.3 Å². The first-order valence-electron chi connectivity index (χ1n) is 8.09. The quantitative estimate of drug-likeness (QED) is 0.617. The molecule has 0 aliphatic heterocycles. The summed E-state index contributed by atoms with van der Waals surface area (Å²) >= 11 is 4.85. The zero-order chi connectivity index (χ0) is 17.8. The second-order valence-corrected chi connectivity index (χ2v) is 7.49. The first kappa shape index (κ1) is 17.8. The number of nitrogens with zero attached hydrogens (tertiary/aromatic N) is 2. The van der Waals surface area contributed by atoms with Crippen molar-refractivity contribution in [3.05, 3.63) is 50.8 Å². The highest BCUT2D eigenvalue weighted by atomic mass is 79.9. The van der Waals surface area contributed by atoms with E-state index in [0.717, 1.165) is 28.4 Å². The van der Waals surface area contributed by atoms with Crippen molar-refractivity contribution in [2.24, 2.45) is 0 Å². The minimum Gasteiger partial charge on any atom is -0.355 e. The Bertz CT molecular complexity index is 947. The van der Waals surface area contributed by atoms with Crippen LogP contribution in [0.3, 0.4) is 0 Å². The van der Waals surface area contributed by atoms with E-state index in [0.29, 0.717) is 16.8 Å². The summed E-state index contributed by atoms with van der Waals surface area (Å²) in [6.07, 6.45) is 3.39. The molecule has 5 nitrogen and oxygen atoms in total. The van der Waals surface area contributed by atoms with E-state index in [-0.39, 0.29) is 18.0 Å². The smallest absolute Gasteiger partial charge is 0.263 e. The fourth-order valence-corrected chi connectivity index (χ4v) is 3.71. The molecule has 2 aromatic heterocycles. The number of nitrogens with one attached hydrogen (secondary N) is 1. The summed E-state index contributed by atoms with van der Waals surface area (Å²) in [5, 5.41) is 5.33. The van der Waals surface area contributed by atoms with Crippen LogP contribution in [0.25, 0.3) is 21.3 Å². The maximum absolute atomic E-state index is 12.9. The number of carbonyl (C=O) groups excluding carboxylic acids is 1. The van der Waals surface area contributed by atoms with Gasteiger partial charge in [-0.3, -0.25) is 14.2 Å². The minimum absolute atomic E-state index is 0.0128. The molecule has 0 radical (unpaired) electrons. The molecule has 0 bridgehead atoms. The van der Waals surface area contributed by atoms with Crippen LogP contribution in [0.4, 0.5) is 0 Å². The first-order chi connectivity index (χ1) is 12.1. The number of thiophene rings is 1. The van der Waals surface area contributed by atoms with E-state index in [1.165, 1.54) is 22.2 Å². The van der Waals surface area contributed by atoms with Crippen LogP contribution < -0.4 is 10.9 Å². The van der Waals surface area contributed by atoms with E-state index in [4.69, 9.17) is 0 Å². The third-order valence-corrected chi connectivity index (χ3v) is 5.30. The molecule has 130 valence electrons. The van der Waals surface area contributed by atoms with Gasteiger partial charge in [0.25, 0.3) is 5.56 Å². The van der Waals surface area contributed by atoms with Gasteiger partial charge in [-0.2, -0.15) is 0 Å². The third kappa shape index (κ3) is 3.99. The van der Waals surface area contributed by atoms with Crippen molar-refractivity contribution < 1.29 is 4.79 Å². The zero-order valence-electron chi connectivity index (χ0n) is 13.8. The molecular weight excluding hydrogens is 402 g/mol. The summed E-state index contributed by atoms with van der Waals surface area (Å²) in [4.78, 5) is 29.9. The summed E-state index contributed by atoms with van der Waals surface area (Å²) in [5.41, 5.74) is 1.62. The van der Waals surface area contributed by atoms with Gasteiger partial charge in [0.15, 0.2) is 0 Å². The average molecular weight is 420 g/mol. The van der Waals surface area contributed by atoms with Gasteiger partial charge in [-0.25, -0.2) is 4.98 Å². The Morgan fingerprint density at radius 3 is 2.80 bits per heavy atom. The van der Waals surface area contributed by atoms with Gasteiger partial charge in [0, 0.05) is 22.0 Å². The van der Waals surface area contributed by atoms with Gasteiger partial charge < -0.3 is 5.32 Å². The van der Waals surface area contributed by atoms with Crippen LogP contribution in [0.5, 0.6) is 0 Å². The Morgan fingerprint density at radius 1 is 1.32 bits per heavy atom. The number of amides is 1. The van der Waals surface area contributed by atoms with Gasteiger partial charge in [-0.15, -0.1) is 11.3 Å². The lowest BCUT2D eigenvalue weighted by Gasteiger charge is -2.07. The number of halogens is 1. The molecule has 1 N–H and O–H groups in total. The second-order valence-electron chi connectivity index (χ2n) is 5.72. The van der Waals surface area contributed by atoms with Crippen LogP contribution in [0.2, 0.25) is 0 Å². The summed E-state index contributed by atoms with van der Waals surface area (Å²) in [7, 11) is 0. The van der Waals surface area contributed by atoms with E-state index < -0.39 is 0 Å². The second kappa shape index (κ2) is 7.93. The maximum Gasteiger partial charge on any atom is 0.263 e. The molecule has 1 amide bonds. The maximum atomic E-state index is 12.9. The van der Waals surface area contributed by atoms with Crippen LogP contribution in [-0.4, -0.2) is 22.0 Å². The highest BCUT2D eigenvalue weighted by Gasteiger charge is 2.14. The molecule has 0 aliphatic carbocycles. The van der Waals surface area contributed by atoms with Crippen LogP contribution in [0.15, 0.2) is 45.2 Å². The van der Waals surface area contributed by atoms with E-state index in [1.54, 1.807) is 0 Å². The van der Waals surface area contributed by atoms with Crippen LogP contribution >= 0.6 is 27.3 Å². The fraction of sp³-hybridized carbons (Fsp3) is 0.278. The zero-order valence-corrected chi connectivity index (χ0v) is 16.2. The number of aromatic nitrogens is 2. The minimum atomic E-state index is -0.185. The van der Waals surface area contributed by atoms with E-state index in [9.17, 15) is 9.59 Å². The number of hydrogen-bond acceptors (Lipinski definition) is 4. The number of carbonyl (C=O) groups is 1. The van der Waals surface area contributed by atoms with Gasteiger partial charge in [0.05, 0.1) is 11.7 Å². The van der Waals surface area contributed by atoms with Gasteiger partial charge >= 0.3 is 0 Å². The number of rotatable bonds is 6. The third-order valence-electron chi connectivity index (χ3n) is 3.88. The van der Waals surface area contributed by atoms with E-state index in [2.05, 4.69) is 33.2 Å². The monoisotopic (exact) mass is 419 g/mol. The highest BCUT2D eigenvalue weighted by molar-refractivity contribution is 9.10. The molecule has 7 heteroatoms. The predicted molar refractivity (Wildman–Crippen MR) is 105 cm³/mol. The lowest BCUT2D eigenvalue weighted by atomic mass is 10.1. The van der Waals surface area contributed by atoms with Crippen LogP contribution in [0.1, 0.15) is 19.8 Å². The lowest BCUT2D eigenvalue weighted by molar-refractivity contribution is -0.121. The van der Waals surface area contributed by atoms with Gasteiger partial charge in [-0.1, -0.05) is 41.4 Å². The molecular formula is C18H18BrN3O2S. The first-order valence-corrected chi connectivity index (χ1v) is 9.76. The van der Waals surface area contributed by atoms with Crippen molar-refractivity contribution in [2.75, 3.05) is 6.54 Å². The van der Waals surface area contributed by atoms with Crippen molar-refractivity contribution in [3.63, 3.8) is 0 Å². The van der Waals surface area contributed by atoms with Gasteiger partial charge in [-0.05, 0) is 24.1 Å². The summed E-state index contributed by atoms with van der Waals surface area (Å²) in [6, 6.07) is 7.80. The molecule has 25 heavy (non-hydrogen) atoms. The Kier molecular flexibility index (Phi) is 5.65. The predicted octanol–water partition coefficient (Wildman–Crippen LogP) is 3.80. The van der Waals surface area contributed by atoms with Crippen LogP contribution in [0, 0.1) is 0 Å². The SMILES string of the molecule is CCCCNC(=O)Cn1cnc2scc(-c3ccc(Br)cc3)c2c1=O. The van der Waals surface area contributed by atoms with Crippen LogP contribution in [-0.2, 0) is 11.3 Å². The number of hydrogen-bond donors (Lipinski definition) is 1. The normalized spacial score (nSPS) is 11.0. The molecule has 0 spiro atoms. The Morgan fingerprint density at radius 2 is 2.08 bits per heavy atom. The highest BCUT2D eigenvalue weighted by Crippen LogP contribution is 2.31. The molecule has 0 saturated heterocycles. The molecule has 0 aliphatic rings. The standard InChI is InChI=1S/C18H18BrN3O2S/c1-2-3-8-20-15(23)9-22-11-21-17-16(18(22)24)14(10-25-17)12-4-6-13(19)7-5-12/h4-7,10-11H,2-3,8-9H2,1H3,(H,20,23). The molecule has 0 atom stereocenters. The lowest BCUT2D eigenvalue weighted by Crippen LogP contribution is -2.32. The Balaban J connectivity index is 1.93. The van der Waals surface area contributed by atoms with E-state index in [1.807, 2.05) is 29.6 Å². The average Bonchev–Trinajstić information content (AvgIpc) is 3.03. The number of unbranched alkanes of at least 4 members (excludes halogenated alkanes) is 1. The summed E-state index contributed by atoms with van der Waals surface area (Å²) < 4.78 is 2.36. The molecule has 1 aromatic carbocycles. The van der Waals surface area contributed by atoms with Gasteiger partial charge in [0.2, 0.25) is 5.91 Å². The molecule has 0 unspecified atom stereocenters.